The fourth-order valence-electron chi connectivity index (χ4n) is 3.38. The van der Waals surface area contributed by atoms with E-state index in [1.165, 1.54) is 13.4 Å². The molecule has 138 valence electrons. The van der Waals surface area contributed by atoms with Crippen LogP contribution >= 0.6 is 0 Å². The second-order valence-corrected chi connectivity index (χ2v) is 6.55. The van der Waals surface area contributed by atoms with Crippen LogP contribution in [0.4, 0.5) is 5.69 Å². The van der Waals surface area contributed by atoms with Crippen LogP contribution in [-0.4, -0.2) is 19.2 Å². The molecule has 2 atom stereocenters. The summed E-state index contributed by atoms with van der Waals surface area (Å²) in [7, 11) is 1.32. The van der Waals surface area contributed by atoms with Crippen molar-refractivity contribution in [3.63, 3.8) is 0 Å². The third-order valence-corrected chi connectivity index (χ3v) is 4.75. The van der Waals surface area contributed by atoms with Crippen LogP contribution in [0.25, 0.3) is 11.0 Å². The number of ether oxygens (including phenoxy) is 1. The average Bonchev–Trinajstić information content (AvgIpc) is 3.14. The predicted octanol–water partition coefficient (Wildman–Crippen LogP) is 3.53. The van der Waals surface area contributed by atoms with Gasteiger partial charge in [0.1, 0.15) is 11.8 Å². The number of hydrogen-bond donors (Lipinski definition) is 0. The number of nitrogens with zero attached hydrogens (tertiary/aromatic N) is 1. The fraction of sp³-hybridized carbons (Fsp3) is 0.238. The van der Waals surface area contributed by atoms with Crippen molar-refractivity contribution in [2.75, 3.05) is 12.2 Å². The third kappa shape index (κ3) is 3.08. The molecule has 0 N–H and O–H groups in total. The zero-order valence-electron chi connectivity index (χ0n) is 15.0. The topological polar surface area (TPSA) is 69.0 Å². The summed E-state index contributed by atoms with van der Waals surface area (Å²) in [4.78, 5) is 31.0. The van der Waals surface area contributed by atoms with Crippen molar-refractivity contribution < 1.29 is 18.8 Å². The first-order valence-electron chi connectivity index (χ1n) is 8.69. The van der Waals surface area contributed by atoms with E-state index in [0.29, 0.717) is 23.0 Å². The molecule has 4 rings (SSSR count). The Hall–Kier alpha value is -3.12. The molecule has 0 saturated carbocycles. The largest absolute Gasteiger partial charge is 0.467 e. The van der Waals surface area contributed by atoms with Crippen LogP contribution in [0.2, 0.25) is 0 Å². The van der Waals surface area contributed by atoms with Gasteiger partial charge >= 0.3 is 5.97 Å². The fourth-order valence-corrected chi connectivity index (χ4v) is 3.38. The van der Waals surface area contributed by atoms with Crippen LogP contribution in [-0.2, 0) is 14.4 Å². The zero-order valence-corrected chi connectivity index (χ0v) is 15.0. The monoisotopic (exact) mass is 365 g/mol. The van der Waals surface area contributed by atoms with Gasteiger partial charge in [0, 0.05) is 6.42 Å². The van der Waals surface area contributed by atoms with Crippen molar-refractivity contribution in [3.05, 3.63) is 76.1 Å². The number of hydroxylamine groups is 1. The Morgan fingerprint density at radius 3 is 2.70 bits per heavy atom. The maximum absolute atomic E-state index is 13.1. The first-order chi connectivity index (χ1) is 13.1. The van der Waals surface area contributed by atoms with Gasteiger partial charge in [-0.05, 0) is 31.2 Å². The van der Waals surface area contributed by atoms with E-state index in [4.69, 9.17) is 14.0 Å². The summed E-state index contributed by atoms with van der Waals surface area (Å²) >= 11 is 0. The molecule has 1 aliphatic heterocycles. The average molecular weight is 365 g/mol. The van der Waals surface area contributed by atoms with Crippen molar-refractivity contribution >= 4 is 22.6 Å². The lowest BCUT2D eigenvalue weighted by Gasteiger charge is -2.24. The molecule has 0 spiro atoms. The summed E-state index contributed by atoms with van der Waals surface area (Å²) < 4.78 is 10.5. The Morgan fingerprint density at radius 1 is 1.19 bits per heavy atom. The number of benzene rings is 2. The molecule has 0 amide bonds. The minimum Gasteiger partial charge on any atom is -0.467 e. The first-order valence-corrected chi connectivity index (χ1v) is 8.69. The lowest BCUT2D eigenvalue weighted by molar-refractivity contribution is -0.151. The highest BCUT2D eigenvalue weighted by molar-refractivity contribution is 5.78. The van der Waals surface area contributed by atoms with Crippen LogP contribution in [0.3, 0.4) is 0 Å². The van der Waals surface area contributed by atoms with E-state index in [1.807, 2.05) is 49.4 Å². The summed E-state index contributed by atoms with van der Waals surface area (Å²) in [5.41, 5.74) is 2.58. The van der Waals surface area contributed by atoms with E-state index in [9.17, 15) is 9.59 Å². The maximum atomic E-state index is 13.1. The highest BCUT2D eigenvalue weighted by atomic mass is 16.7. The van der Waals surface area contributed by atoms with Crippen LogP contribution in [0.15, 0.2) is 64.0 Å². The van der Waals surface area contributed by atoms with Gasteiger partial charge in [-0.1, -0.05) is 29.8 Å². The van der Waals surface area contributed by atoms with Crippen molar-refractivity contribution in [3.8, 4) is 0 Å². The smallest absolute Gasteiger partial charge is 0.337 e. The van der Waals surface area contributed by atoms with E-state index in [1.54, 1.807) is 11.1 Å². The van der Waals surface area contributed by atoms with Crippen molar-refractivity contribution in [1.82, 2.24) is 0 Å². The van der Waals surface area contributed by atoms with Gasteiger partial charge in [-0.25, -0.2) is 9.86 Å². The molecular weight excluding hydrogens is 346 g/mol. The molecule has 6 nitrogen and oxygen atoms in total. The Morgan fingerprint density at radius 2 is 1.96 bits per heavy atom. The van der Waals surface area contributed by atoms with Gasteiger partial charge < -0.3 is 9.15 Å². The van der Waals surface area contributed by atoms with Gasteiger partial charge in [0.25, 0.3) is 0 Å². The number of aryl methyl sites for hydroxylation is 1. The molecule has 3 aromatic rings. The molecule has 0 bridgehead atoms. The normalized spacial score (nSPS) is 19.4. The Bertz CT molecular complexity index is 1040. The molecule has 0 aliphatic carbocycles. The van der Waals surface area contributed by atoms with Gasteiger partial charge in [-0.15, -0.1) is 0 Å². The zero-order chi connectivity index (χ0) is 19.0. The number of rotatable bonds is 3. The summed E-state index contributed by atoms with van der Waals surface area (Å²) in [5, 5.41) is 2.11. The molecule has 1 fully saturated rings. The third-order valence-electron chi connectivity index (χ3n) is 4.75. The van der Waals surface area contributed by atoms with E-state index >= 15 is 0 Å². The second-order valence-electron chi connectivity index (χ2n) is 6.55. The van der Waals surface area contributed by atoms with Gasteiger partial charge in [0.2, 0.25) is 0 Å². The standard InChI is InChI=1S/C21H19NO5/c1-13-8-9-18-15(10-13)20(23)16(12-26-18)17-11-19(21(24)25-2)27-22(17)14-6-4-3-5-7-14/h3-10,12,17,19H,11H2,1-2H3/t17-,19+/m0/s1. The highest BCUT2D eigenvalue weighted by Crippen LogP contribution is 2.37. The lowest BCUT2D eigenvalue weighted by atomic mass is 10.0. The van der Waals surface area contributed by atoms with Crippen molar-refractivity contribution in [2.24, 2.45) is 0 Å². The summed E-state index contributed by atoms with van der Waals surface area (Å²) in [6.07, 6.45) is 0.973. The summed E-state index contributed by atoms with van der Waals surface area (Å²) in [6.45, 7) is 1.92. The summed E-state index contributed by atoms with van der Waals surface area (Å²) in [5.74, 6) is -0.473. The van der Waals surface area contributed by atoms with Crippen LogP contribution < -0.4 is 10.5 Å². The molecule has 1 saturated heterocycles. The minimum atomic E-state index is -0.784. The molecule has 27 heavy (non-hydrogen) atoms. The molecule has 2 heterocycles. The van der Waals surface area contributed by atoms with Crippen LogP contribution in [0, 0.1) is 6.92 Å². The van der Waals surface area contributed by atoms with Gasteiger partial charge in [0.15, 0.2) is 11.5 Å². The molecule has 2 aromatic carbocycles. The molecule has 0 radical (unpaired) electrons. The predicted molar refractivity (Wildman–Crippen MR) is 100 cm³/mol. The Kier molecular flexibility index (Phi) is 4.41. The highest BCUT2D eigenvalue weighted by Gasteiger charge is 2.41. The lowest BCUT2D eigenvalue weighted by Crippen LogP contribution is -2.27. The number of fused-ring (bicyclic) bond motifs is 1. The minimum absolute atomic E-state index is 0.125. The SMILES string of the molecule is COC(=O)[C@H]1C[C@@H](c2coc3ccc(C)cc3c2=O)N(c2ccccc2)O1. The maximum Gasteiger partial charge on any atom is 0.337 e. The molecule has 0 unspecified atom stereocenters. The number of hydrogen-bond acceptors (Lipinski definition) is 6. The number of para-hydroxylation sites is 1. The van der Waals surface area contributed by atoms with E-state index in [-0.39, 0.29) is 5.43 Å². The number of methoxy groups -OCH3 is 1. The van der Waals surface area contributed by atoms with Crippen LogP contribution in [0.1, 0.15) is 23.6 Å². The van der Waals surface area contributed by atoms with Gasteiger partial charge in [-0.2, -0.15) is 0 Å². The molecule has 1 aromatic heterocycles. The Balaban J connectivity index is 1.82. The van der Waals surface area contributed by atoms with Gasteiger partial charge in [0.05, 0.1) is 29.8 Å². The first kappa shape index (κ1) is 17.3. The van der Waals surface area contributed by atoms with Crippen molar-refractivity contribution in [1.29, 1.82) is 0 Å². The van der Waals surface area contributed by atoms with E-state index < -0.39 is 18.1 Å². The van der Waals surface area contributed by atoms with E-state index in [2.05, 4.69) is 0 Å². The van der Waals surface area contributed by atoms with Crippen molar-refractivity contribution in [2.45, 2.75) is 25.5 Å². The number of carbonyl (C=O) groups is 1. The van der Waals surface area contributed by atoms with E-state index in [0.717, 1.165) is 11.3 Å². The van der Waals surface area contributed by atoms with Crippen LogP contribution in [0.5, 0.6) is 0 Å². The quantitative estimate of drug-likeness (QED) is 0.662. The molecular formula is C21H19NO5. The number of carbonyl (C=O) groups excluding carboxylic acids is 1. The second kappa shape index (κ2) is 6.89. The number of esters is 1. The molecule has 1 aliphatic rings. The Labute approximate surface area is 155 Å². The number of anilines is 1. The summed E-state index contributed by atoms with van der Waals surface area (Å²) in [6, 6.07) is 14.4. The van der Waals surface area contributed by atoms with Gasteiger partial charge in [-0.3, -0.25) is 9.63 Å². The molecule has 6 heteroatoms.